The molecule has 0 aliphatic heterocycles. The Morgan fingerprint density at radius 1 is 1.20 bits per heavy atom. The number of hydrogen-bond donors (Lipinski definition) is 2. The molecule has 0 fully saturated rings. The number of alkyl halides is 3. The summed E-state index contributed by atoms with van der Waals surface area (Å²) < 4.78 is -2.09. The standard InChI is InChI=1S/C12H12Cl4N2O2/c1-2-3-10(19)17-7-4-5-8(13)9(6-7)18-11(20)12(14,15)16/h4-6H,2-3H2,1H3,(H,17,19)(H,18,20). The maximum Gasteiger partial charge on any atom is 0.276 e. The van der Waals surface area contributed by atoms with Crippen LogP contribution in [0.5, 0.6) is 0 Å². The number of amides is 2. The number of carbonyl (C=O) groups is 2. The number of carbonyl (C=O) groups excluding carboxylic acids is 2. The maximum atomic E-state index is 11.6. The highest BCUT2D eigenvalue weighted by Gasteiger charge is 2.31. The predicted octanol–water partition coefficient (Wildman–Crippen LogP) is 4.39. The molecular weight excluding hydrogens is 346 g/mol. The summed E-state index contributed by atoms with van der Waals surface area (Å²) in [7, 11) is 0. The van der Waals surface area contributed by atoms with Gasteiger partial charge in [-0.15, -0.1) is 0 Å². The normalized spacial score (nSPS) is 11.1. The fraction of sp³-hybridized carbons (Fsp3) is 0.333. The first-order valence-electron chi connectivity index (χ1n) is 5.71. The van der Waals surface area contributed by atoms with Crippen LogP contribution in [0, 0.1) is 0 Å². The Morgan fingerprint density at radius 2 is 1.85 bits per heavy atom. The summed E-state index contributed by atoms with van der Waals surface area (Å²) in [6, 6.07) is 4.63. The van der Waals surface area contributed by atoms with Crippen molar-refractivity contribution >= 4 is 69.6 Å². The van der Waals surface area contributed by atoms with Crippen molar-refractivity contribution < 1.29 is 9.59 Å². The van der Waals surface area contributed by atoms with Crippen LogP contribution in [0.25, 0.3) is 0 Å². The van der Waals surface area contributed by atoms with Crippen molar-refractivity contribution in [3.8, 4) is 0 Å². The van der Waals surface area contributed by atoms with Gasteiger partial charge in [0.1, 0.15) is 0 Å². The average Bonchev–Trinajstić information content (AvgIpc) is 2.32. The molecule has 0 bridgehead atoms. The molecule has 1 aromatic carbocycles. The van der Waals surface area contributed by atoms with Crippen LogP contribution in [0.4, 0.5) is 11.4 Å². The molecule has 0 atom stereocenters. The van der Waals surface area contributed by atoms with Crippen molar-refractivity contribution in [2.24, 2.45) is 0 Å². The summed E-state index contributed by atoms with van der Waals surface area (Å²) in [6.45, 7) is 1.90. The van der Waals surface area contributed by atoms with Gasteiger partial charge < -0.3 is 10.6 Å². The zero-order valence-corrected chi connectivity index (χ0v) is 13.5. The van der Waals surface area contributed by atoms with E-state index in [0.29, 0.717) is 12.1 Å². The summed E-state index contributed by atoms with van der Waals surface area (Å²) in [5.41, 5.74) is 0.741. The zero-order chi connectivity index (χ0) is 15.3. The minimum atomic E-state index is -2.09. The second-order valence-electron chi connectivity index (χ2n) is 3.94. The molecule has 0 aliphatic rings. The number of halogens is 4. The van der Waals surface area contributed by atoms with Crippen molar-refractivity contribution in [3.63, 3.8) is 0 Å². The molecule has 0 saturated carbocycles. The summed E-state index contributed by atoms with van der Waals surface area (Å²) >= 11 is 22.3. The van der Waals surface area contributed by atoms with Crippen molar-refractivity contribution in [2.45, 2.75) is 23.6 Å². The predicted molar refractivity (Wildman–Crippen MR) is 83.9 cm³/mol. The van der Waals surface area contributed by atoms with Crippen LogP contribution < -0.4 is 10.6 Å². The van der Waals surface area contributed by atoms with Crippen LogP contribution in [-0.2, 0) is 9.59 Å². The van der Waals surface area contributed by atoms with Crippen LogP contribution in [0.1, 0.15) is 19.8 Å². The molecule has 2 N–H and O–H groups in total. The largest absolute Gasteiger partial charge is 0.326 e. The fourth-order valence-electron chi connectivity index (χ4n) is 1.34. The second-order valence-corrected chi connectivity index (χ2v) is 6.63. The molecule has 20 heavy (non-hydrogen) atoms. The van der Waals surface area contributed by atoms with Gasteiger partial charge in [-0.05, 0) is 24.6 Å². The van der Waals surface area contributed by atoms with E-state index in [4.69, 9.17) is 46.4 Å². The van der Waals surface area contributed by atoms with Crippen molar-refractivity contribution in [3.05, 3.63) is 23.2 Å². The molecule has 0 spiro atoms. The molecule has 0 aromatic heterocycles. The quantitative estimate of drug-likeness (QED) is 0.785. The first-order chi connectivity index (χ1) is 9.24. The van der Waals surface area contributed by atoms with Crippen molar-refractivity contribution in [1.29, 1.82) is 0 Å². The Morgan fingerprint density at radius 3 is 2.40 bits per heavy atom. The number of rotatable bonds is 4. The Bertz CT molecular complexity index is 515. The smallest absolute Gasteiger partial charge is 0.276 e. The Labute approximate surface area is 136 Å². The number of hydrogen-bond acceptors (Lipinski definition) is 2. The van der Waals surface area contributed by atoms with Gasteiger partial charge in [0.05, 0.1) is 10.7 Å². The molecule has 0 saturated heterocycles. The molecule has 8 heteroatoms. The highest BCUT2D eigenvalue weighted by Crippen LogP contribution is 2.31. The van der Waals surface area contributed by atoms with Crippen molar-refractivity contribution in [1.82, 2.24) is 0 Å². The monoisotopic (exact) mass is 356 g/mol. The molecule has 0 heterocycles. The van der Waals surface area contributed by atoms with Crippen LogP contribution in [-0.4, -0.2) is 15.6 Å². The van der Waals surface area contributed by atoms with Gasteiger partial charge in [0.25, 0.3) is 9.70 Å². The van der Waals surface area contributed by atoms with E-state index in [2.05, 4.69) is 10.6 Å². The van der Waals surface area contributed by atoms with E-state index < -0.39 is 9.70 Å². The first-order valence-corrected chi connectivity index (χ1v) is 7.22. The molecule has 0 radical (unpaired) electrons. The zero-order valence-electron chi connectivity index (χ0n) is 10.5. The molecule has 1 rings (SSSR count). The third-order valence-electron chi connectivity index (χ3n) is 2.23. The van der Waals surface area contributed by atoms with E-state index in [1.165, 1.54) is 12.1 Å². The second kappa shape index (κ2) is 7.36. The summed E-state index contributed by atoms with van der Waals surface area (Å²) in [6.07, 6.45) is 1.13. The van der Waals surface area contributed by atoms with E-state index in [9.17, 15) is 9.59 Å². The maximum absolute atomic E-state index is 11.6. The molecule has 2 amide bonds. The van der Waals surface area contributed by atoms with E-state index in [1.54, 1.807) is 6.07 Å². The number of anilines is 2. The van der Waals surface area contributed by atoms with Crippen LogP contribution in [0.2, 0.25) is 5.02 Å². The highest BCUT2D eigenvalue weighted by atomic mass is 35.6. The SMILES string of the molecule is CCCC(=O)Nc1ccc(Cl)c(NC(=O)C(Cl)(Cl)Cl)c1. The number of nitrogens with one attached hydrogen (secondary N) is 2. The molecule has 4 nitrogen and oxygen atoms in total. The lowest BCUT2D eigenvalue weighted by atomic mass is 10.2. The lowest BCUT2D eigenvalue weighted by Gasteiger charge is -2.14. The minimum absolute atomic E-state index is 0.131. The van der Waals surface area contributed by atoms with Gasteiger partial charge in [0, 0.05) is 12.1 Å². The first kappa shape index (κ1) is 17.4. The van der Waals surface area contributed by atoms with E-state index in [1.807, 2.05) is 6.92 Å². The van der Waals surface area contributed by atoms with Crippen LogP contribution in [0.15, 0.2) is 18.2 Å². The van der Waals surface area contributed by atoms with Gasteiger partial charge in [0.15, 0.2) is 0 Å². The van der Waals surface area contributed by atoms with Gasteiger partial charge in [-0.3, -0.25) is 9.59 Å². The van der Waals surface area contributed by atoms with Gasteiger partial charge in [-0.2, -0.15) is 0 Å². The fourth-order valence-corrected chi connectivity index (χ4v) is 1.65. The van der Waals surface area contributed by atoms with E-state index >= 15 is 0 Å². The van der Waals surface area contributed by atoms with Gasteiger partial charge >= 0.3 is 0 Å². The Hall–Kier alpha value is -0.680. The van der Waals surface area contributed by atoms with Crippen molar-refractivity contribution in [2.75, 3.05) is 10.6 Å². The van der Waals surface area contributed by atoms with E-state index in [-0.39, 0.29) is 16.6 Å². The van der Waals surface area contributed by atoms with Gasteiger partial charge in [0.2, 0.25) is 5.91 Å². The topological polar surface area (TPSA) is 58.2 Å². The lowest BCUT2D eigenvalue weighted by molar-refractivity contribution is -0.116. The summed E-state index contributed by atoms with van der Waals surface area (Å²) in [4.78, 5) is 23.1. The minimum Gasteiger partial charge on any atom is -0.326 e. The van der Waals surface area contributed by atoms with E-state index in [0.717, 1.165) is 6.42 Å². The van der Waals surface area contributed by atoms with Gasteiger partial charge in [-0.25, -0.2) is 0 Å². The summed E-state index contributed by atoms with van der Waals surface area (Å²) in [5.74, 6) is -0.963. The van der Waals surface area contributed by atoms with Gasteiger partial charge in [-0.1, -0.05) is 53.3 Å². The number of benzene rings is 1. The third-order valence-corrected chi connectivity index (χ3v) is 3.08. The molecule has 1 aromatic rings. The molecular formula is C12H12Cl4N2O2. The Kier molecular flexibility index (Phi) is 6.40. The highest BCUT2D eigenvalue weighted by molar-refractivity contribution is 6.76. The Balaban J connectivity index is 2.87. The van der Waals surface area contributed by atoms with Crippen LogP contribution in [0.3, 0.4) is 0 Å². The third kappa shape index (κ3) is 5.37. The summed E-state index contributed by atoms with van der Waals surface area (Å²) in [5, 5.41) is 5.32. The molecule has 0 unspecified atom stereocenters. The molecule has 110 valence electrons. The average molecular weight is 358 g/mol. The van der Waals surface area contributed by atoms with Crippen LogP contribution >= 0.6 is 46.4 Å². The lowest BCUT2D eigenvalue weighted by Crippen LogP contribution is -2.27. The molecule has 0 aliphatic carbocycles.